The Kier molecular flexibility index (Phi) is 3.51. The Morgan fingerprint density at radius 3 is 2.00 bits per heavy atom. The van der Waals surface area contributed by atoms with Crippen LogP contribution in [-0.4, -0.2) is 6.18 Å². The van der Waals surface area contributed by atoms with E-state index in [2.05, 4.69) is 6.58 Å². The van der Waals surface area contributed by atoms with Gasteiger partial charge in [0.05, 0.1) is 21.2 Å². The zero-order valence-electron chi connectivity index (χ0n) is 7.70. The maximum absolute atomic E-state index is 12.3. The highest BCUT2D eigenvalue weighted by Crippen LogP contribution is 2.36. The predicted octanol–water partition coefficient (Wildman–Crippen LogP) is 4.44. The smallest absolute Gasteiger partial charge is 0.192 e. The quantitative estimate of drug-likeness (QED) is 0.737. The lowest BCUT2D eigenvalue weighted by molar-refractivity contribution is -0.0686. The van der Waals surface area contributed by atoms with Gasteiger partial charge < -0.3 is 0 Å². The van der Waals surface area contributed by atoms with Crippen LogP contribution in [0.1, 0.15) is 11.1 Å². The van der Waals surface area contributed by atoms with Crippen molar-refractivity contribution in [3.8, 4) is 6.07 Å². The van der Waals surface area contributed by atoms with Gasteiger partial charge in [0.2, 0.25) is 0 Å². The van der Waals surface area contributed by atoms with Crippen LogP contribution >= 0.6 is 23.2 Å². The van der Waals surface area contributed by atoms with Gasteiger partial charge in [-0.3, -0.25) is 0 Å². The van der Waals surface area contributed by atoms with Crippen molar-refractivity contribution >= 4 is 28.8 Å². The number of hydrogen-bond acceptors (Lipinski definition) is 1. The largest absolute Gasteiger partial charge is 0.416 e. The number of halogens is 5. The third kappa shape index (κ3) is 2.49. The Hall–Kier alpha value is -1.18. The molecule has 84 valence electrons. The van der Waals surface area contributed by atoms with E-state index in [0.29, 0.717) is 0 Å². The summed E-state index contributed by atoms with van der Waals surface area (Å²) < 4.78 is 37.0. The minimum Gasteiger partial charge on any atom is -0.192 e. The number of nitrogens with zero attached hydrogens (tertiary/aromatic N) is 1. The standard InChI is InChI=1S/C10H4Cl2F3N/c1-5(10(13,14)15)6-2-8(11)7(4-16)9(12)3-6/h2-3H,1H2. The van der Waals surface area contributed by atoms with E-state index >= 15 is 0 Å². The molecule has 0 amide bonds. The van der Waals surface area contributed by atoms with Gasteiger partial charge in [0.25, 0.3) is 0 Å². The molecule has 0 N–H and O–H groups in total. The Bertz CT molecular complexity index is 463. The van der Waals surface area contributed by atoms with E-state index in [1.807, 2.05) is 0 Å². The number of hydrogen-bond donors (Lipinski definition) is 0. The Morgan fingerprint density at radius 1 is 1.25 bits per heavy atom. The second-order valence-electron chi connectivity index (χ2n) is 2.90. The molecule has 0 saturated carbocycles. The van der Waals surface area contributed by atoms with Crippen LogP contribution in [0.5, 0.6) is 0 Å². The van der Waals surface area contributed by atoms with Crippen LogP contribution in [0.4, 0.5) is 13.2 Å². The first-order valence-corrected chi connectivity index (χ1v) is 4.68. The average molecular weight is 266 g/mol. The summed E-state index contributed by atoms with van der Waals surface area (Å²) in [7, 11) is 0. The van der Waals surface area contributed by atoms with Gasteiger partial charge >= 0.3 is 6.18 Å². The van der Waals surface area contributed by atoms with E-state index in [1.54, 1.807) is 6.07 Å². The maximum atomic E-state index is 12.3. The van der Waals surface area contributed by atoms with E-state index in [9.17, 15) is 13.2 Å². The van der Waals surface area contributed by atoms with Crippen LogP contribution in [0.2, 0.25) is 10.0 Å². The fraction of sp³-hybridized carbons (Fsp3) is 0.100. The molecule has 0 fully saturated rings. The molecule has 0 atom stereocenters. The summed E-state index contributed by atoms with van der Waals surface area (Å²) in [6, 6.07) is 3.72. The number of benzene rings is 1. The molecule has 0 aliphatic carbocycles. The number of allylic oxidation sites excluding steroid dienone is 1. The summed E-state index contributed by atoms with van der Waals surface area (Å²) >= 11 is 11.2. The molecule has 1 nitrogen and oxygen atoms in total. The topological polar surface area (TPSA) is 23.8 Å². The molecule has 0 radical (unpaired) electrons. The van der Waals surface area contributed by atoms with Gasteiger partial charge in [-0.05, 0) is 17.7 Å². The van der Waals surface area contributed by atoms with E-state index in [0.717, 1.165) is 12.1 Å². The third-order valence-corrected chi connectivity index (χ3v) is 2.44. The molecule has 1 aromatic rings. The molecule has 0 saturated heterocycles. The highest BCUT2D eigenvalue weighted by atomic mass is 35.5. The maximum Gasteiger partial charge on any atom is 0.416 e. The summed E-state index contributed by atoms with van der Waals surface area (Å²) in [5.41, 5.74) is -1.36. The number of alkyl halides is 3. The predicted molar refractivity (Wildman–Crippen MR) is 56.3 cm³/mol. The minimum absolute atomic E-state index is 0.0537. The lowest BCUT2D eigenvalue weighted by Gasteiger charge is -2.11. The Morgan fingerprint density at radius 2 is 1.69 bits per heavy atom. The fourth-order valence-corrected chi connectivity index (χ4v) is 1.59. The highest BCUT2D eigenvalue weighted by molar-refractivity contribution is 6.36. The normalized spacial score (nSPS) is 11.0. The zero-order chi connectivity index (χ0) is 12.5. The van der Waals surface area contributed by atoms with E-state index < -0.39 is 11.7 Å². The molecule has 6 heteroatoms. The molecule has 0 unspecified atom stereocenters. The van der Waals surface area contributed by atoms with Crippen LogP contribution < -0.4 is 0 Å². The molecule has 0 heterocycles. The van der Waals surface area contributed by atoms with Crippen molar-refractivity contribution in [1.29, 1.82) is 5.26 Å². The first kappa shape index (κ1) is 12.9. The lowest BCUT2D eigenvalue weighted by Crippen LogP contribution is -2.09. The van der Waals surface area contributed by atoms with Gasteiger partial charge in [-0.2, -0.15) is 18.4 Å². The molecular formula is C10H4Cl2F3N. The van der Waals surface area contributed by atoms with Gasteiger partial charge in [0, 0.05) is 0 Å². The van der Waals surface area contributed by atoms with E-state index in [4.69, 9.17) is 28.5 Å². The second kappa shape index (κ2) is 4.36. The van der Waals surface area contributed by atoms with Crippen LogP contribution in [0, 0.1) is 11.3 Å². The molecule has 0 aromatic heterocycles. The summed E-state index contributed by atoms with van der Waals surface area (Å²) in [5.74, 6) is 0. The van der Waals surface area contributed by atoms with E-state index in [-0.39, 0.29) is 21.2 Å². The SMILES string of the molecule is C=C(c1cc(Cl)c(C#N)c(Cl)c1)C(F)(F)F. The van der Waals surface area contributed by atoms with Crippen molar-refractivity contribution in [2.75, 3.05) is 0 Å². The van der Waals surface area contributed by atoms with Crippen LogP contribution in [0.25, 0.3) is 5.57 Å². The van der Waals surface area contributed by atoms with Crippen molar-refractivity contribution in [3.05, 3.63) is 39.9 Å². The summed E-state index contributed by atoms with van der Waals surface area (Å²) in [4.78, 5) is 0. The summed E-state index contributed by atoms with van der Waals surface area (Å²) in [5, 5.41) is 8.37. The van der Waals surface area contributed by atoms with Crippen LogP contribution in [0.15, 0.2) is 18.7 Å². The molecule has 1 aromatic carbocycles. The molecule has 0 spiro atoms. The minimum atomic E-state index is -4.55. The first-order valence-electron chi connectivity index (χ1n) is 3.93. The van der Waals surface area contributed by atoms with Crippen LogP contribution in [-0.2, 0) is 0 Å². The van der Waals surface area contributed by atoms with Gasteiger partial charge in [-0.15, -0.1) is 0 Å². The van der Waals surface area contributed by atoms with Crippen LogP contribution in [0.3, 0.4) is 0 Å². The van der Waals surface area contributed by atoms with E-state index in [1.165, 1.54) is 0 Å². The first-order chi connectivity index (χ1) is 7.27. The summed E-state index contributed by atoms with van der Waals surface area (Å²) in [6.07, 6.45) is -4.55. The number of nitriles is 1. The fourth-order valence-electron chi connectivity index (χ4n) is 1.02. The van der Waals surface area contributed by atoms with Gasteiger partial charge in [-0.1, -0.05) is 29.8 Å². The van der Waals surface area contributed by atoms with Crippen molar-refractivity contribution in [1.82, 2.24) is 0 Å². The Labute approximate surface area is 99.7 Å². The molecule has 16 heavy (non-hydrogen) atoms. The van der Waals surface area contributed by atoms with Crippen molar-refractivity contribution < 1.29 is 13.2 Å². The monoisotopic (exact) mass is 265 g/mol. The van der Waals surface area contributed by atoms with Gasteiger partial charge in [0.15, 0.2) is 0 Å². The number of rotatable bonds is 1. The van der Waals surface area contributed by atoms with Crippen molar-refractivity contribution in [2.45, 2.75) is 6.18 Å². The summed E-state index contributed by atoms with van der Waals surface area (Å²) in [6.45, 7) is 2.91. The highest BCUT2D eigenvalue weighted by Gasteiger charge is 2.33. The van der Waals surface area contributed by atoms with Gasteiger partial charge in [-0.25, -0.2) is 0 Å². The zero-order valence-corrected chi connectivity index (χ0v) is 9.21. The molecule has 0 bridgehead atoms. The molecule has 0 aliphatic heterocycles. The van der Waals surface area contributed by atoms with Crippen molar-refractivity contribution in [3.63, 3.8) is 0 Å². The van der Waals surface area contributed by atoms with Gasteiger partial charge in [0.1, 0.15) is 6.07 Å². The van der Waals surface area contributed by atoms with Crippen molar-refractivity contribution in [2.24, 2.45) is 0 Å². The Balaban J connectivity index is 3.31. The molecule has 1 rings (SSSR count). The molecular weight excluding hydrogens is 262 g/mol. The lowest BCUT2D eigenvalue weighted by atomic mass is 10.1. The molecule has 0 aliphatic rings. The second-order valence-corrected chi connectivity index (χ2v) is 3.72. The third-order valence-electron chi connectivity index (χ3n) is 1.84. The average Bonchev–Trinajstić information content (AvgIpc) is 2.14.